The molecule has 1 aliphatic rings. The number of amidine groups is 1. The van der Waals surface area contributed by atoms with E-state index in [0.29, 0.717) is 4.48 Å². The number of carbonyl (C=O) groups excluding carboxylic acids is 1. The zero-order valence-electron chi connectivity index (χ0n) is 26.0. The lowest BCUT2D eigenvalue weighted by Crippen LogP contribution is -2.60. The predicted octanol–water partition coefficient (Wildman–Crippen LogP) is 5.59. The van der Waals surface area contributed by atoms with E-state index in [-0.39, 0.29) is 11.0 Å². The van der Waals surface area contributed by atoms with Gasteiger partial charge in [0.05, 0.1) is 33.3 Å². The van der Waals surface area contributed by atoms with Crippen molar-refractivity contribution < 1.29 is 33.9 Å². The molecule has 39 heavy (non-hydrogen) atoms. The van der Waals surface area contributed by atoms with Gasteiger partial charge >= 0.3 is 5.97 Å². The summed E-state index contributed by atoms with van der Waals surface area (Å²) in [4.78, 5) is 25.8. The molecule has 0 aromatic rings. The fourth-order valence-electron chi connectivity index (χ4n) is 5.09. The minimum atomic E-state index is -1.00. The van der Waals surface area contributed by atoms with Gasteiger partial charge in [-0.3, -0.25) is 0 Å². The molecule has 3 unspecified atom stereocenters. The fourth-order valence-corrected chi connectivity index (χ4v) is 5.09. The highest BCUT2D eigenvalue weighted by Crippen LogP contribution is 2.28. The first-order valence-corrected chi connectivity index (χ1v) is 15.4. The number of aliphatic hydroxyl groups is 1. The first kappa shape index (κ1) is 37.2. The van der Waals surface area contributed by atoms with Gasteiger partial charge in [-0.05, 0) is 13.3 Å². The molecule has 3 atom stereocenters. The number of carboxylic acid groups (broad SMARTS) is 2. The van der Waals surface area contributed by atoms with Crippen molar-refractivity contribution in [3.63, 3.8) is 0 Å². The van der Waals surface area contributed by atoms with Gasteiger partial charge in [-0.25, -0.2) is 14.3 Å². The smallest absolute Gasteiger partial charge is 0.363 e. The lowest BCUT2D eigenvalue weighted by Gasteiger charge is -2.38. The quantitative estimate of drug-likeness (QED) is 0.134. The third kappa shape index (κ3) is 16.8. The topological polar surface area (TPSA) is 110 Å². The second kappa shape index (κ2) is 21.0. The Morgan fingerprint density at radius 3 is 1.56 bits per heavy atom. The Balaban J connectivity index is 0.00000156. The number of hydrogen-bond donors (Lipinski definition) is 2. The third-order valence-electron chi connectivity index (χ3n) is 7.46. The van der Waals surface area contributed by atoms with Gasteiger partial charge in [0, 0.05) is 13.3 Å². The average molecular weight is 555 g/mol. The first-order chi connectivity index (χ1) is 18.4. The summed E-state index contributed by atoms with van der Waals surface area (Å²) in [5.41, 5.74) is 0. The Bertz CT molecular complexity index is 730. The van der Waals surface area contributed by atoms with E-state index in [4.69, 9.17) is 0 Å². The molecule has 2 N–H and O–H groups in total. The molecule has 0 saturated heterocycles. The highest BCUT2D eigenvalue weighted by molar-refractivity contribution is 5.82. The summed E-state index contributed by atoms with van der Waals surface area (Å²) in [5.74, 6) is -1.14. The number of likely N-dealkylation sites (N-methyl/N-ethyl adjacent to an activating group) is 1. The van der Waals surface area contributed by atoms with E-state index in [9.17, 15) is 24.9 Å². The van der Waals surface area contributed by atoms with E-state index in [0.717, 1.165) is 25.1 Å². The molecule has 0 amide bonds. The SMILES string of the molecule is CCCCCCCCCCCCCCCCCCC1=NC=C[N+]1(C(C)O)C(C)C(=O)O.C[N+](C)(C)CC(=O)[O-]. The highest BCUT2D eigenvalue weighted by Gasteiger charge is 2.47. The molecule has 0 bridgehead atoms. The maximum atomic E-state index is 11.5. The summed E-state index contributed by atoms with van der Waals surface area (Å²) in [6, 6.07) is -0.737. The summed E-state index contributed by atoms with van der Waals surface area (Å²) in [5, 5.41) is 29.7. The zero-order chi connectivity index (χ0) is 29.7. The van der Waals surface area contributed by atoms with Crippen LogP contribution in [0.3, 0.4) is 0 Å². The van der Waals surface area contributed by atoms with Crippen molar-refractivity contribution in [3.05, 3.63) is 12.4 Å². The zero-order valence-corrected chi connectivity index (χ0v) is 26.0. The summed E-state index contributed by atoms with van der Waals surface area (Å²) < 4.78 is 0.358. The number of aliphatic imine (C=N–C) groups is 1. The molecule has 0 aliphatic carbocycles. The Morgan fingerprint density at radius 2 is 1.26 bits per heavy atom. The van der Waals surface area contributed by atoms with E-state index in [1.54, 1.807) is 47.4 Å². The van der Waals surface area contributed by atoms with Crippen molar-refractivity contribution in [1.82, 2.24) is 0 Å². The molecule has 228 valence electrons. The molecule has 8 nitrogen and oxygen atoms in total. The van der Waals surface area contributed by atoms with E-state index in [2.05, 4.69) is 11.9 Å². The van der Waals surface area contributed by atoms with E-state index >= 15 is 0 Å². The number of unbranched alkanes of at least 4 members (excludes halogenated alkanes) is 15. The largest absolute Gasteiger partial charge is 0.544 e. The number of rotatable bonds is 22. The molecule has 0 aromatic heterocycles. The fraction of sp³-hybridized carbons (Fsp3) is 0.839. The molecule has 0 radical (unpaired) electrons. The van der Waals surface area contributed by atoms with Crippen LogP contribution >= 0.6 is 0 Å². The summed E-state index contributed by atoms with van der Waals surface area (Å²) in [6.07, 6.45) is 24.6. The van der Waals surface area contributed by atoms with Crippen LogP contribution in [0.2, 0.25) is 0 Å². The molecular formula is C31H60N3O5+. The summed E-state index contributed by atoms with van der Waals surface area (Å²) in [6.45, 7) is 5.64. The van der Waals surface area contributed by atoms with Crippen molar-refractivity contribution in [1.29, 1.82) is 0 Å². The van der Waals surface area contributed by atoms with Crippen LogP contribution in [-0.4, -0.2) is 76.9 Å². The van der Waals surface area contributed by atoms with Crippen molar-refractivity contribution >= 4 is 17.8 Å². The minimum Gasteiger partial charge on any atom is -0.544 e. The van der Waals surface area contributed by atoms with Gasteiger partial charge in [-0.2, -0.15) is 0 Å². The van der Waals surface area contributed by atoms with E-state index in [1.165, 1.54) is 89.9 Å². The third-order valence-corrected chi connectivity index (χ3v) is 7.46. The van der Waals surface area contributed by atoms with Crippen LogP contribution in [0.1, 0.15) is 130 Å². The van der Waals surface area contributed by atoms with Crippen molar-refractivity contribution in [2.24, 2.45) is 4.99 Å². The number of aliphatic hydroxyl groups excluding tert-OH is 1. The Kier molecular flexibility index (Phi) is 20.1. The van der Waals surface area contributed by atoms with Gasteiger partial charge in [0.15, 0.2) is 12.3 Å². The molecule has 0 saturated carbocycles. The molecular weight excluding hydrogens is 494 g/mol. The molecule has 1 rings (SSSR count). The molecule has 0 aromatic carbocycles. The average Bonchev–Trinajstić information content (AvgIpc) is 3.27. The molecule has 1 heterocycles. The number of carboxylic acids is 2. The highest BCUT2D eigenvalue weighted by atomic mass is 16.4. The van der Waals surface area contributed by atoms with E-state index in [1.807, 2.05) is 0 Å². The van der Waals surface area contributed by atoms with Crippen LogP contribution < -0.4 is 5.11 Å². The van der Waals surface area contributed by atoms with Crippen LogP contribution in [0.5, 0.6) is 0 Å². The molecule has 8 heteroatoms. The number of quaternary nitrogens is 2. The second-order valence-electron chi connectivity index (χ2n) is 12.2. The van der Waals surface area contributed by atoms with Crippen molar-refractivity contribution in [2.75, 3.05) is 27.7 Å². The number of hydrogen-bond acceptors (Lipinski definition) is 5. The normalized spacial score (nSPS) is 18.3. The number of aliphatic carboxylic acids is 2. The van der Waals surface area contributed by atoms with Crippen LogP contribution in [0.4, 0.5) is 0 Å². The van der Waals surface area contributed by atoms with Gasteiger partial charge < -0.3 is 24.6 Å². The Morgan fingerprint density at radius 1 is 0.846 bits per heavy atom. The summed E-state index contributed by atoms with van der Waals surface area (Å²) >= 11 is 0. The lowest BCUT2D eigenvalue weighted by molar-refractivity contribution is -0.864. The number of carbonyl (C=O) groups is 2. The lowest BCUT2D eigenvalue weighted by atomic mass is 10.0. The van der Waals surface area contributed by atoms with Crippen LogP contribution in [-0.2, 0) is 9.59 Å². The van der Waals surface area contributed by atoms with Crippen LogP contribution in [0.25, 0.3) is 0 Å². The Labute approximate surface area is 239 Å². The summed E-state index contributed by atoms with van der Waals surface area (Å²) in [7, 11) is 5.40. The van der Waals surface area contributed by atoms with Crippen LogP contribution in [0, 0.1) is 0 Å². The van der Waals surface area contributed by atoms with E-state index < -0.39 is 24.2 Å². The minimum absolute atomic E-state index is 0.0614. The molecule has 0 spiro atoms. The first-order valence-electron chi connectivity index (χ1n) is 15.4. The maximum absolute atomic E-state index is 11.5. The molecule has 0 fully saturated rings. The predicted molar refractivity (Wildman–Crippen MR) is 158 cm³/mol. The standard InChI is InChI=1S/C26H48N2O3.C5H11NO2/c1-4-5-6-7-8-9-10-11-12-13-14-15-16-17-18-19-20-25-27-21-22-28(25,24(3)29)23(2)26(30)31;1-6(2,3)4-5(7)8/h21-24,29H,4-20H2,1-3H3;4H2,1-3H3/p+1. The van der Waals surface area contributed by atoms with Gasteiger partial charge in [0.25, 0.3) is 0 Å². The van der Waals surface area contributed by atoms with Crippen molar-refractivity contribution in [2.45, 2.75) is 142 Å². The van der Waals surface area contributed by atoms with Gasteiger partial charge in [0.2, 0.25) is 5.84 Å². The molecule has 1 aliphatic heterocycles. The number of nitrogens with zero attached hydrogens (tertiary/aromatic N) is 3. The van der Waals surface area contributed by atoms with Gasteiger partial charge in [-0.1, -0.05) is 103 Å². The van der Waals surface area contributed by atoms with Crippen LogP contribution in [0.15, 0.2) is 17.4 Å². The van der Waals surface area contributed by atoms with Gasteiger partial charge in [0.1, 0.15) is 12.7 Å². The van der Waals surface area contributed by atoms with Crippen molar-refractivity contribution in [3.8, 4) is 0 Å². The monoisotopic (exact) mass is 554 g/mol. The Hall–Kier alpha value is -1.77. The van der Waals surface area contributed by atoms with Gasteiger partial charge in [-0.15, -0.1) is 0 Å². The second-order valence-corrected chi connectivity index (χ2v) is 12.2. The maximum Gasteiger partial charge on any atom is 0.363 e.